The van der Waals surface area contributed by atoms with Crippen molar-refractivity contribution in [3.63, 3.8) is 0 Å². The van der Waals surface area contributed by atoms with Crippen molar-refractivity contribution in [2.75, 3.05) is 32.8 Å². The van der Waals surface area contributed by atoms with Crippen molar-refractivity contribution in [1.29, 1.82) is 0 Å². The number of unbranched alkanes of at least 4 members (excludes halogenated alkanes) is 8. The van der Waals surface area contributed by atoms with E-state index in [4.69, 9.17) is 5.11 Å². The van der Waals surface area contributed by atoms with Gasteiger partial charge in [0, 0.05) is 6.61 Å². The summed E-state index contributed by atoms with van der Waals surface area (Å²) in [5.74, 6) is 0. The second-order valence-corrected chi connectivity index (χ2v) is 7.14. The highest BCUT2D eigenvalue weighted by atomic mass is 35.5. The van der Waals surface area contributed by atoms with E-state index in [0.717, 1.165) is 6.42 Å². The fourth-order valence-electron chi connectivity index (χ4n) is 3.50. The van der Waals surface area contributed by atoms with Crippen LogP contribution in [0.25, 0.3) is 0 Å². The molecule has 0 aliphatic heterocycles. The second-order valence-electron chi connectivity index (χ2n) is 7.14. The van der Waals surface area contributed by atoms with Crippen LogP contribution in [-0.2, 0) is 0 Å². The van der Waals surface area contributed by atoms with E-state index in [1.807, 2.05) is 0 Å². The largest absolute Gasteiger partial charge is 1.00 e. The summed E-state index contributed by atoms with van der Waals surface area (Å²) in [4.78, 5) is 0. The molecular formula is C20H44ClNO. The van der Waals surface area contributed by atoms with Crippen molar-refractivity contribution < 1.29 is 22.0 Å². The normalized spacial score (nSPS) is 11.5. The third kappa shape index (κ3) is 14.3. The standard InChI is InChI=1S/C20H44NO.ClH/c1-4-7-10-13-18-21(16-11-8-5-2,17-12-9-6-3)19-14-15-20-22;/h22H,4-20H2,1-3H3;1H/q+1;/p-1. The van der Waals surface area contributed by atoms with Crippen molar-refractivity contribution in [2.45, 2.75) is 97.8 Å². The zero-order chi connectivity index (χ0) is 16.5. The first-order valence-electron chi connectivity index (χ1n) is 10.2. The molecule has 0 aromatic rings. The van der Waals surface area contributed by atoms with Crippen LogP contribution in [0.15, 0.2) is 0 Å². The molecule has 142 valence electrons. The predicted octanol–water partition coefficient (Wildman–Crippen LogP) is 2.54. The van der Waals surface area contributed by atoms with Crippen LogP contribution in [0.2, 0.25) is 0 Å². The maximum atomic E-state index is 9.13. The predicted molar refractivity (Wildman–Crippen MR) is 99.2 cm³/mol. The summed E-state index contributed by atoms with van der Waals surface area (Å²) in [5, 5.41) is 9.13. The minimum atomic E-state index is 0. The van der Waals surface area contributed by atoms with Gasteiger partial charge in [-0.1, -0.05) is 46.5 Å². The number of quaternary nitrogens is 1. The Balaban J connectivity index is 0. The molecule has 3 heteroatoms. The van der Waals surface area contributed by atoms with E-state index in [1.165, 1.54) is 101 Å². The highest BCUT2D eigenvalue weighted by molar-refractivity contribution is 4.52. The zero-order valence-corrected chi connectivity index (χ0v) is 17.0. The van der Waals surface area contributed by atoms with Crippen LogP contribution in [0.4, 0.5) is 0 Å². The Labute approximate surface area is 153 Å². The monoisotopic (exact) mass is 349 g/mol. The van der Waals surface area contributed by atoms with E-state index in [-0.39, 0.29) is 12.4 Å². The molecule has 0 rings (SSSR count). The lowest BCUT2D eigenvalue weighted by Gasteiger charge is -2.39. The van der Waals surface area contributed by atoms with E-state index >= 15 is 0 Å². The Morgan fingerprint density at radius 2 is 0.870 bits per heavy atom. The van der Waals surface area contributed by atoms with E-state index in [2.05, 4.69) is 20.8 Å². The molecule has 0 unspecified atom stereocenters. The van der Waals surface area contributed by atoms with Crippen LogP contribution in [0.1, 0.15) is 97.8 Å². The maximum Gasteiger partial charge on any atom is 0.0787 e. The van der Waals surface area contributed by atoms with E-state index < -0.39 is 0 Å². The van der Waals surface area contributed by atoms with E-state index in [9.17, 15) is 0 Å². The van der Waals surface area contributed by atoms with Crippen molar-refractivity contribution in [1.82, 2.24) is 0 Å². The van der Waals surface area contributed by atoms with Gasteiger partial charge in [-0.2, -0.15) is 0 Å². The topological polar surface area (TPSA) is 20.2 Å². The highest BCUT2D eigenvalue weighted by Crippen LogP contribution is 2.18. The molecule has 1 N–H and O–H groups in total. The second kappa shape index (κ2) is 18.5. The van der Waals surface area contributed by atoms with Gasteiger partial charge in [-0.05, 0) is 51.4 Å². The third-order valence-corrected chi connectivity index (χ3v) is 5.00. The van der Waals surface area contributed by atoms with Gasteiger partial charge >= 0.3 is 0 Å². The van der Waals surface area contributed by atoms with Gasteiger partial charge in [0.15, 0.2) is 0 Å². The molecule has 23 heavy (non-hydrogen) atoms. The maximum absolute atomic E-state index is 9.13. The smallest absolute Gasteiger partial charge is 0.0787 e. The van der Waals surface area contributed by atoms with Crippen molar-refractivity contribution in [3.05, 3.63) is 0 Å². The van der Waals surface area contributed by atoms with Crippen LogP contribution in [-0.4, -0.2) is 42.4 Å². The Morgan fingerprint density at radius 1 is 0.522 bits per heavy atom. The molecule has 0 spiro atoms. The molecule has 0 fully saturated rings. The fraction of sp³-hybridized carbons (Fsp3) is 1.00. The molecule has 0 aliphatic carbocycles. The van der Waals surface area contributed by atoms with Crippen LogP contribution in [0, 0.1) is 0 Å². The lowest BCUT2D eigenvalue weighted by Crippen LogP contribution is -3.00. The molecule has 0 heterocycles. The van der Waals surface area contributed by atoms with Crippen molar-refractivity contribution >= 4 is 0 Å². The average molecular weight is 350 g/mol. The molecule has 0 saturated heterocycles. The van der Waals surface area contributed by atoms with Gasteiger partial charge in [0.1, 0.15) is 0 Å². The Hall–Kier alpha value is 0.210. The molecule has 0 bridgehead atoms. The summed E-state index contributed by atoms with van der Waals surface area (Å²) in [6, 6.07) is 0. The number of hydrogen-bond donors (Lipinski definition) is 1. The number of aliphatic hydroxyl groups excluding tert-OH is 1. The first-order chi connectivity index (χ1) is 10.7. The van der Waals surface area contributed by atoms with Gasteiger partial charge in [0.05, 0.1) is 26.2 Å². The molecule has 0 aliphatic rings. The molecular weight excluding hydrogens is 306 g/mol. The van der Waals surface area contributed by atoms with Gasteiger partial charge in [-0.3, -0.25) is 0 Å². The molecule has 0 aromatic carbocycles. The summed E-state index contributed by atoms with van der Waals surface area (Å²) in [6.45, 7) is 12.7. The van der Waals surface area contributed by atoms with E-state index in [1.54, 1.807) is 0 Å². The van der Waals surface area contributed by atoms with Gasteiger partial charge in [0.2, 0.25) is 0 Å². The number of hydrogen-bond acceptors (Lipinski definition) is 1. The van der Waals surface area contributed by atoms with Crippen LogP contribution < -0.4 is 12.4 Å². The van der Waals surface area contributed by atoms with E-state index in [0.29, 0.717) is 6.61 Å². The number of rotatable bonds is 17. The molecule has 0 saturated carbocycles. The van der Waals surface area contributed by atoms with Gasteiger partial charge in [-0.15, -0.1) is 0 Å². The first kappa shape index (κ1) is 25.5. The Bertz CT molecular complexity index is 197. The first-order valence-corrected chi connectivity index (χ1v) is 10.2. The van der Waals surface area contributed by atoms with Crippen LogP contribution >= 0.6 is 0 Å². The number of nitrogens with zero attached hydrogens (tertiary/aromatic N) is 1. The average Bonchev–Trinajstić information content (AvgIpc) is 2.52. The summed E-state index contributed by atoms with van der Waals surface area (Å²) >= 11 is 0. The lowest BCUT2D eigenvalue weighted by atomic mass is 10.1. The van der Waals surface area contributed by atoms with Crippen LogP contribution in [0.3, 0.4) is 0 Å². The quantitative estimate of drug-likeness (QED) is 0.316. The zero-order valence-electron chi connectivity index (χ0n) is 16.3. The number of halogens is 1. The molecule has 0 aromatic heterocycles. The summed E-state index contributed by atoms with van der Waals surface area (Å²) in [7, 11) is 0. The third-order valence-electron chi connectivity index (χ3n) is 5.00. The van der Waals surface area contributed by atoms with Crippen molar-refractivity contribution in [2.24, 2.45) is 0 Å². The minimum Gasteiger partial charge on any atom is -1.00 e. The van der Waals surface area contributed by atoms with Gasteiger partial charge < -0.3 is 22.0 Å². The van der Waals surface area contributed by atoms with Gasteiger partial charge in [-0.25, -0.2) is 0 Å². The molecule has 2 nitrogen and oxygen atoms in total. The van der Waals surface area contributed by atoms with Crippen LogP contribution in [0.5, 0.6) is 0 Å². The minimum absolute atomic E-state index is 0. The SMILES string of the molecule is CCCCCC[N+](CCCCC)(CCCCC)CCCCO.[Cl-]. The summed E-state index contributed by atoms with van der Waals surface area (Å²) < 4.78 is 1.34. The van der Waals surface area contributed by atoms with Gasteiger partial charge in [0.25, 0.3) is 0 Å². The molecule has 0 atom stereocenters. The molecule has 0 amide bonds. The summed E-state index contributed by atoms with van der Waals surface area (Å²) in [6.07, 6.45) is 15.9. The lowest BCUT2D eigenvalue weighted by molar-refractivity contribution is -0.929. The highest BCUT2D eigenvalue weighted by Gasteiger charge is 2.25. The summed E-state index contributed by atoms with van der Waals surface area (Å²) in [5.41, 5.74) is 0. The fourth-order valence-corrected chi connectivity index (χ4v) is 3.50. The Morgan fingerprint density at radius 3 is 1.26 bits per heavy atom. The Kier molecular flexibility index (Phi) is 20.5. The van der Waals surface area contributed by atoms with Crippen molar-refractivity contribution in [3.8, 4) is 0 Å². The number of aliphatic hydroxyl groups is 1. The molecule has 0 radical (unpaired) electrons.